The Bertz CT molecular complexity index is 383. The predicted molar refractivity (Wildman–Crippen MR) is 67.4 cm³/mol. The van der Waals surface area contributed by atoms with Crippen molar-refractivity contribution < 1.29 is 0 Å². The maximum atomic E-state index is 3.59. The van der Waals surface area contributed by atoms with E-state index in [9.17, 15) is 0 Å². The molecule has 1 saturated carbocycles. The van der Waals surface area contributed by atoms with E-state index < -0.39 is 0 Å². The third kappa shape index (κ3) is 2.15. The van der Waals surface area contributed by atoms with Gasteiger partial charge in [-0.15, -0.1) is 0 Å². The molecular formula is C15H21N. The molecule has 0 aliphatic heterocycles. The van der Waals surface area contributed by atoms with E-state index in [-0.39, 0.29) is 0 Å². The van der Waals surface area contributed by atoms with Crippen LogP contribution in [0.3, 0.4) is 0 Å². The lowest BCUT2D eigenvalue weighted by atomic mass is 10.1. The highest BCUT2D eigenvalue weighted by Crippen LogP contribution is 2.36. The Morgan fingerprint density at radius 1 is 1.25 bits per heavy atom. The second-order valence-electron chi connectivity index (χ2n) is 5.56. The van der Waals surface area contributed by atoms with Crippen molar-refractivity contribution in [3.63, 3.8) is 0 Å². The minimum Gasteiger partial charge on any atom is -0.312 e. The van der Waals surface area contributed by atoms with Crippen LogP contribution < -0.4 is 5.32 Å². The summed E-state index contributed by atoms with van der Waals surface area (Å²) in [4.78, 5) is 0. The van der Waals surface area contributed by atoms with Crippen LogP contribution in [-0.2, 0) is 19.4 Å². The Balaban J connectivity index is 1.54. The summed E-state index contributed by atoms with van der Waals surface area (Å²) in [5, 5.41) is 3.59. The zero-order valence-corrected chi connectivity index (χ0v) is 10.1. The maximum Gasteiger partial charge on any atom is 0.0205 e. The third-order valence-corrected chi connectivity index (χ3v) is 4.17. The molecule has 0 spiro atoms. The summed E-state index contributed by atoms with van der Waals surface area (Å²) < 4.78 is 0. The Morgan fingerprint density at radius 2 is 2.06 bits per heavy atom. The van der Waals surface area contributed by atoms with Gasteiger partial charge in [0.1, 0.15) is 0 Å². The van der Waals surface area contributed by atoms with Crippen molar-refractivity contribution in [3.8, 4) is 0 Å². The van der Waals surface area contributed by atoms with Gasteiger partial charge in [0, 0.05) is 6.54 Å². The van der Waals surface area contributed by atoms with Crippen molar-refractivity contribution in [2.45, 2.75) is 39.2 Å². The molecule has 1 heteroatoms. The van der Waals surface area contributed by atoms with E-state index in [4.69, 9.17) is 0 Å². The molecule has 86 valence electrons. The second-order valence-corrected chi connectivity index (χ2v) is 5.56. The fraction of sp³-hybridized carbons (Fsp3) is 0.600. The van der Waals surface area contributed by atoms with Crippen molar-refractivity contribution in [1.29, 1.82) is 0 Å². The lowest BCUT2D eigenvalue weighted by molar-refractivity contribution is 0.612. The zero-order valence-electron chi connectivity index (χ0n) is 10.1. The van der Waals surface area contributed by atoms with Crippen LogP contribution in [0.4, 0.5) is 0 Å². The van der Waals surface area contributed by atoms with Crippen LogP contribution in [-0.4, -0.2) is 6.54 Å². The molecule has 0 aromatic heterocycles. The molecule has 2 aliphatic carbocycles. The van der Waals surface area contributed by atoms with Crippen LogP contribution in [0.1, 0.15) is 36.5 Å². The van der Waals surface area contributed by atoms with Crippen molar-refractivity contribution >= 4 is 0 Å². The molecule has 2 aliphatic rings. The summed E-state index contributed by atoms with van der Waals surface area (Å²) in [6.07, 6.45) is 5.37. The number of hydrogen-bond donors (Lipinski definition) is 1. The third-order valence-electron chi connectivity index (χ3n) is 4.17. The van der Waals surface area contributed by atoms with Crippen molar-refractivity contribution in [2.75, 3.05) is 6.54 Å². The molecule has 1 aromatic rings. The topological polar surface area (TPSA) is 12.0 Å². The lowest BCUT2D eigenvalue weighted by Gasteiger charge is -2.06. The maximum absolute atomic E-state index is 3.59. The van der Waals surface area contributed by atoms with Gasteiger partial charge in [-0.1, -0.05) is 25.1 Å². The molecule has 0 saturated heterocycles. The van der Waals surface area contributed by atoms with Crippen LogP contribution >= 0.6 is 0 Å². The first-order valence-electron chi connectivity index (χ1n) is 6.64. The van der Waals surface area contributed by atoms with E-state index >= 15 is 0 Å². The number of aryl methyl sites for hydroxylation is 2. The molecule has 0 amide bonds. The Morgan fingerprint density at radius 3 is 2.88 bits per heavy atom. The molecule has 0 bridgehead atoms. The van der Waals surface area contributed by atoms with Gasteiger partial charge in [0.2, 0.25) is 0 Å². The molecule has 0 heterocycles. The van der Waals surface area contributed by atoms with E-state index in [1.54, 1.807) is 11.1 Å². The highest BCUT2D eigenvalue weighted by Gasteiger charge is 2.31. The van der Waals surface area contributed by atoms with E-state index in [0.29, 0.717) is 0 Å². The van der Waals surface area contributed by atoms with Gasteiger partial charge in [-0.25, -0.2) is 0 Å². The smallest absolute Gasteiger partial charge is 0.0205 e. The quantitative estimate of drug-likeness (QED) is 0.814. The molecule has 1 fully saturated rings. The number of benzene rings is 1. The molecule has 2 atom stereocenters. The summed E-state index contributed by atoms with van der Waals surface area (Å²) in [6, 6.07) is 7.04. The van der Waals surface area contributed by atoms with Crippen LogP contribution in [0.2, 0.25) is 0 Å². The van der Waals surface area contributed by atoms with Gasteiger partial charge in [-0.3, -0.25) is 0 Å². The molecular weight excluding hydrogens is 194 g/mol. The van der Waals surface area contributed by atoms with Gasteiger partial charge in [0.05, 0.1) is 0 Å². The average molecular weight is 215 g/mol. The Labute approximate surface area is 98.3 Å². The number of fused-ring (bicyclic) bond motifs is 1. The molecule has 3 rings (SSSR count). The first kappa shape index (κ1) is 10.3. The normalized spacial score (nSPS) is 26.8. The summed E-state index contributed by atoms with van der Waals surface area (Å²) >= 11 is 0. The first-order valence-corrected chi connectivity index (χ1v) is 6.64. The van der Waals surface area contributed by atoms with Crippen LogP contribution in [0.5, 0.6) is 0 Å². The minimum absolute atomic E-state index is 0.953. The molecule has 2 unspecified atom stereocenters. The highest BCUT2D eigenvalue weighted by atomic mass is 14.9. The van der Waals surface area contributed by atoms with Crippen LogP contribution in [0, 0.1) is 11.8 Å². The van der Waals surface area contributed by atoms with Crippen LogP contribution in [0.25, 0.3) is 0 Å². The van der Waals surface area contributed by atoms with Gasteiger partial charge >= 0.3 is 0 Å². The Hall–Kier alpha value is -0.820. The second kappa shape index (κ2) is 4.21. The zero-order chi connectivity index (χ0) is 11.0. The monoisotopic (exact) mass is 215 g/mol. The van der Waals surface area contributed by atoms with E-state index in [1.165, 1.54) is 37.8 Å². The Kier molecular flexibility index (Phi) is 2.72. The van der Waals surface area contributed by atoms with Crippen molar-refractivity contribution in [2.24, 2.45) is 11.8 Å². The fourth-order valence-corrected chi connectivity index (χ4v) is 2.82. The lowest BCUT2D eigenvalue weighted by Crippen LogP contribution is -2.16. The van der Waals surface area contributed by atoms with E-state index in [2.05, 4.69) is 30.4 Å². The fourth-order valence-electron chi connectivity index (χ4n) is 2.82. The molecule has 1 nitrogen and oxygen atoms in total. The number of nitrogens with one attached hydrogen (secondary N) is 1. The van der Waals surface area contributed by atoms with Gasteiger partial charge < -0.3 is 5.32 Å². The highest BCUT2D eigenvalue weighted by molar-refractivity contribution is 5.35. The largest absolute Gasteiger partial charge is 0.312 e. The van der Waals surface area contributed by atoms with Crippen LogP contribution in [0.15, 0.2) is 18.2 Å². The van der Waals surface area contributed by atoms with E-state index in [0.717, 1.165) is 18.4 Å². The summed E-state index contributed by atoms with van der Waals surface area (Å²) in [5.74, 6) is 1.92. The number of rotatable bonds is 4. The van der Waals surface area contributed by atoms with Crippen molar-refractivity contribution in [3.05, 3.63) is 34.9 Å². The SMILES string of the molecule is CC1CC1CNCc1ccc2c(c1)CCC2. The molecule has 1 N–H and O–H groups in total. The molecule has 1 aromatic carbocycles. The summed E-state index contributed by atoms with van der Waals surface area (Å²) in [5.41, 5.74) is 4.65. The van der Waals surface area contributed by atoms with Gasteiger partial charge in [-0.2, -0.15) is 0 Å². The average Bonchev–Trinajstić information content (AvgIpc) is 2.80. The molecule has 16 heavy (non-hydrogen) atoms. The predicted octanol–water partition coefficient (Wildman–Crippen LogP) is 2.92. The van der Waals surface area contributed by atoms with Gasteiger partial charge in [-0.05, 0) is 60.8 Å². The van der Waals surface area contributed by atoms with E-state index in [1.807, 2.05) is 0 Å². The van der Waals surface area contributed by atoms with Crippen molar-refractivity contribution in [1.82, 2.24) is 5.32 Å². The minimum atomic E-state index is 0.953. The van der Waals surface area contributed by atoms with Gasteiger partial charge in [0.25, 0.3) is 0 Å². The molecule has 0 radical (unpaired) electrons. The van der Waals surface area contributed by atoms with Gasteiger partial charge in [0.15, 0.2) is 0 Å². The summed E-state index contributed by atoms with van der Waals surface area (Å²) in [7, 11) is 0. The first-order chi connectivity index (χ1) is 7.83. The summed E-state index contributed by atoms with van der Waals surface area (Å²) in [6.45, 7) is 4.61. The standard InChI is InChI=1S/C15H21N/c1-11-7-15(11)10-16-9-12-5-6-13-3-2-4-14(13)8-12/h5-6,8,11,15-16H,2-4,7,9-10H2,1H3. The number of hydrogen-bond acceptors (Lipinski definition) is 1.